The summed E-state index contributed by atoms with van der Waals surface area (Å²) in [5.74, 6) is -0.0591. The van der Waals surface area contributed by atoms with Crippen LogP contribution < -0.4 is 5.32 Å². The van der Waals surface area contributed by atoms with Gasteiger partial charge in [-0.3, -0.25) is 4.79 Å². The maximum Gasteiger partial charge on any atom is 0.252 e. The zero-order valence-corrected chi connectivity index (χ0v) is 15.2. The minimum absolute atomic E-state index is 0.0591. The number of hydrogen-bond acceptors (Lipinski definition) is 3. The summed E-state index contributed by atoms with van der Waals surface area (Å²) in [6, 6.07) is 17.6. The molecule has 0 fully saturated rings. The summed E-state index contributed by atoms with van der Waals surface area (Å²) in [6.07, 6.45) is 3.71. The highest BCUT2D eigenvalue weighted by atomic mass is 32.2. The van der Waals surface area contributed by atoms with Gasteiger partial charge in [0.2, 0.25) is 0 Å². The summed E-state index contributed by atoms with van der Waals surface area (Å²) in [7, 11) is 0. The zero-order chi connectivity index (χ0) is 17.6. The van der Waals surface area contributed by atoms with Crippen LogP contribution in [0.3, 0.4) is 0 Å². The Labute approximate surface area is 152 Å². The molecule has 0 atom stereocenters. The van der Waals surface area contributed by atoms with E-state index in [1.165, 1.54) is 0 Å². The Kier molecular flexibility index (Phi) is 5.56. The Balaban J connectivity index is 1.66. The molecule has 0 bridgehead atoms. The summed E-state index contributed by atoms with van der Waals surface area (Å²) in [4.78, 5) is 13.6. The predicted octanol–water partition coefficient (Wildman–Crippen LogP) is 4.30. The van der Waals surface area contributed by atoms with E-state index in [0.717, 1.165) is 21.7 Å². The van der Waals surface area contributed by atoms with Crippen LogP contribution in [-0.2, 0) is 6.54 Å². The van der Waals surface area contributed by atoms with Crippen molar-refractivity contribution >= 4 is 17.7 Å². The molecule has 1 heterocycles. The van der Waals surface area contributed by atoms with Gasteiger partial charge in [0.15, 0.2) is 0 Å². The fourth-order valence-electron chi connectivity index (χ4n) is 2.46. The largest absolute Gasteiger partial charge is 0.348 e. The van der Waals surface area contributed by atoms with E-state index in [1.807, 2.05) is 65.5 Å². The number of amides is 1. The second kappa shape index (κ2) is 8.03. The molecule has 1 aromatic heterocycles. The number of carbonyl (C=O) groups is 1. The van der Waals surface area contributed by atoms with Crippen LogP contribution in [0, 0.1) is 0 Å². The van der Waals surface area contributed by atoms with Gasteiger partial charge in [0, 0.05) is 28.5 Å². The van der Waals surface area contributed by atoms with Crippen LogP contribution in [0.15, 0.2) is 71.9 Å². The van der Waals surface area contributed by atoms with Crippen molar-refractivity contribution in [2.24, 2.45) is 0 Å². The number of benzene rings is 2. The van der Waals surface area contributed by atoms with Crippen molar-refractivity contribution in [3.05, 3.63) is 78.1 Å². The van der Waals surface area contributed by atoms with Gasteiger partial charge >= 0.3 is 0 Å². The molecule has 2 aromatic carbocycles. The fraction of sp³-hybridized carbons (Fsp3) is 0.200. The average molecular weight is 351 g/mol. The predicted molar refractivity (Wildman–Crippen MR) is 102 cm³/mol. The Bertz CT molecular complexity index is 843. The molecule has 25 heavy (non-hydrogen) atoms. The topological polar surface area (TPSA) is 46.9 Å². The van der Waals surface area contributed by atoms with Crippen molar-refractivity contribution in [2.75, 3.05) is 0 Å². The molecule has 128 valence electrons. The van der Waals surface area contributed by atoms with Gasteiger partial charge in [-0.15, -0.1) is 11.8 Å². The fourth-order valence-corrected chi connectivity index (χ4v) is 3.41. The monoisotopic (exact) mass is 351 g/mol. The maximum atomic E-state index is 12.5. The van der Waals surface area contributed by atoms with Gasteiger partial charge in [0.25, 0.3) is 5.91 Å². The average Bonchev–Trinajstić information content (AvgIpc) is 3.09. The number of thioether (sulfide) groups is 1. The third kappa shape index (κ3) is 4.51. The van der Waals surface area contributed by atoms with Gasteiger partial charge in [-0.1, -0.05) is 44.2 Å². The summed E-state index contributed by atoms with van der Waals surface area (Å²) in [5, 5.41) is 7.77. The highest BCUT2D eigenvalue weighted by molar-refractivity contribution is 8.00. The van der Waals surface area contributed by atoms with Crippen molar-refractivity contribution < 1.29 is 4.79 Å². The molecule has 0 unspecified atom stereocenters. The third-order valence-corrected chi connectivity index (χ3v) is 4.69. The Hall–Kier alpha value is -2.53. The molecule has 3 aromatic rings. The van der Waals surface area contributed by atoms with Gasteiger partial charge in [-0.05, 0) is 24.3 Å². The summed E-state index contributed by atoms with van der Waals surface area (Å²) in [5.41, 5.74) is 2.68. The van der Waals surface area contributed by atoms with E-state index in [1.54, 1.807) is 18.0 Å². The second-order valence-corrected chi connectivity index (χ2v) is 7.59. The Morgan fingerprint density at radius 1 is 1.12 bits per heavy atom. The molecule has 1 amide bonds. The van der Waals surface area contributed by atoms with Gasteiger partial charge < -0.3 is 5.32 Å². The molecule has 1 N–H and O–H groups in total. The minimum atomic E-state index is -0.0591. The van der Waals surface area contributed by atoms with Crippen molar-refractivity contribution in [2.45, 2.75) is 30.5 Å². The lowest BCUT2D eigenvalue weighted by molar-refractivity contribution is 0.0948. The SMILES string of the molecule is CC(C)Sc1ccccc1C(=O)NCc1cnn(-c2ccccc2)c1. The molecule has 0 saturated carbocycles. The quantitative estimate of drug-likeness (QED) is 0.674. The lowest BCUT2D eigenvalue weighted by Gasteiger charge is -2.11. The molecule has 0 aliphatic rings. The third-order valence-electron chi connectivity index (χ3n) is 3.60. The number of rotatable bonds is 6. The number of nitrogens with zero attached hydrogens (tertiary/aromatic N) is 2. The van der Waals surface area contributed by atoms with Crippen LogP contribution in [0.2, 0.25) is 0 Å². The van der Waals surface area contributed by atoms with E-state index in [9.17, 15) is 4.79 Å². The number of carbonyl (C=O) groups excluding carboxylic acids is 1. The van der Waals surface area contributed by atoms with Gasteiger partial charge in [-0.2, -0.15) is 5.10 Å². The summed E-state index contributed by atoms with van der Waals surface area (Å²) >= 11 is 1.70. The summed E-state index contributed by atoms with van der Waals surface area (Å²) in [6.45, 7) is 4.70. The lowest BCUT2D eigenvalue weighted by Crippen LogP contribution is -2.23. The van der Waals surface area contributed by atoms with Crippen LogP contribution in [0.4, 0.5) is 0 Å². The first-order valence-electron chi connectivity index (χ1n) is 8.26. The molecular weight excluding hydrogens is 330 g/mol. The van der Waals surface area contributed by atoms with E-state index in [2.05, 4.69) is 24.3 Å². The van der Waals surface area contributed by atoms with E-state index >= 15 is 0 Å². The van der Waals surface area contributed by atoms with Crippen LogP contribution in [0.25, 0.3) is 5.69 Å². The second-order valence-electron chi connectivity index (χ2n) is 5.97. The Morgan fingerprint density at radius 2 is 1.84 bits per heavy atom. The smallest absolute Gasteiger partial charge is 0.252 e. The van der Waals surface area contributed by atoms with Crippen molar-refractivity contribution in [3.8, 4) is 5.69 Å². The first-order valence-corrected chi connectivity index (χ1v) is 9.14. The lowest BCUT2D eigenvalue weighted by atomic mass is 10.2. The normalized spacial score (nSPS) is 10.8. The number of hydrogen-bond donors (Lipinski definition) is 1. The molecule has 3 rings (SSSR count). The number of aromatic nitrogens is 2. The van der Waals surface area contributed by atoms with Gasteiger partial charge in [-0.25, -0.2) is 4.68 Å². The summed E-state index contributed by atoms with van der Waals surface area (Å²) < 4.78 is 1.81. The highest BCUT2D eigenvalue weighted by Crippen LogP contribution is 2.26. The standard InChI is InChI=1S/C20H21N3OS/c1-15(2)25-19-11-7-6-10-18(19)20(24)21-12-16-13-22-23(14-16)17-8-4-3-5-9-17/h3-11,13-15H,12H2,1-2H3,(H,21,24). The molecule has 0 saturated heterocycles. The van der Waals surface area contributed by atoms with Crippen molar-refractivity contribution in [1.29, 1.82) is 0 Å². The highest BCUT2D eigenvalue weighted by Gasteiger charge is 2.12. The minimum Gasteiger partial charge on any atom is -0.348 e. The zero-order valence-electron chi connectivity index (χ0n) is 14.3. The van der Waals surface area contributed by atoms with Crippen LogP contribution >= 0.6 is 11.8 Å². The van der Waals surface area contributed by atoms with Crippen LogP contribution in [0.5, 0.6) is 0 Å². The van der Waals surface area contributed by atoms with E-state index in [0.29, 0.717) is 11.8 Å². The molecule has 0 aliphatic heterocycles. The Morgan fingerprint density at radius 3 is 2.60 bits per heavy atom. The van der Waals surface area contributed by atoms with Gasteiger partial charge in [0.05, 0.1) is 17.4 Å². The first kappa shape index (κ1) is 17.3. The van der Waals surface area contributed by atoms with E-state index in [4.69, 9.17) is 0 Å². The van der Waals surface area contributed by atoms with E-state index in [-0.39, 0.29) is 5.91 Å². The molecular formula is C20H21N3OS. The van der Waals surface area contributed by atoms with Crippen molar-refractivity contribution in [1.82, 2.24) is 15.1 Å². The van der Waals surface area contributed by atoms with Gasteiger partial charge in [0.1, 0.15) is 0 Å². The number of nitrogens with one attached hydrogen (secondary N) is 1. The van der Waals surface area contributed by atoms with Crippen molar-refractivity contribution in [3.63, 3.8) is 0 Å². The molecule has 0 spiro atoms. The molecule has 0 radical (unpaired) electrons. The number of para-hydroxylation sites is 1. The van der Waals surface area contributed by atoms with Crippen LogP contribution in [-0.4, -0.2) is 20.9 Å². The first-order chi connectivity index (χ1) is 12.1. The maximum absolute atomic E-state index is 12.5. The van der Waals surface area contributed by atoms with E-state index < -0.39 is 0 Å². The molecule has 5 heteroatoms. The molecule has 4 nitrogen and oxygen atoms in total. The molecule has 0 aliphatic carbocycles. The van der Waals surface area contributed by atoms with Crippen LogP contribution in [0.1, 0.15) is 29.8 Å².